The van der Waals surface area contributed by atoms with Gasteiger partial charge >= 0.3 is 6.36 Å². The number of benzene rings is 1. The summed E-state index contributed by atoms with van der Waals surface area (Å²) < 4.78 is 40.6. The van der Waals surface area contributed by atoms with Crippen molar-refractivity contribution >= 4 is 6.21 Å². The van der Waals surface area contributed by atoms with E-state index in [1.807, 2.05) is 0 Å². The molecule has 20 heavy (non-hydrogen) atoms. The quantitative estimate of drug-likeness (QED) is 0.601. The van der Waals surface area contributed by atoms with Crippen molar-refractivity contribution in [2.24, 2.45) is 11.1 Å². The molecule has 0 unspecified atom stereocenters. The molecule has 0 bridgehead atoms. The Kier molecular flexibility index (Phi) is 4.87. The first-order valence-corrected chi connectivity index (χ1v) is 6.46. The second-order valence-corrected chi connectivity index (χ2v) is 4.63. The van der Waals surface area contributed by atoms with Gasteiger partial charge in [0.2, 0.25) is 0 Å². The molecule has 1 aromatic rings. The molecule has 0 N–H and O–H groups in total. The number of hydrogen-bond donors (Lipinski definition) is 0. The van der Waals surface area contributed by atoms with Crippen LogP contribution < -0.4 is 4.74 Å². The van der Waals surface area contributed by atoms with E-state index in [0.29, 0.717) is 11.5 Å². The summed E-state index contributed by atoms with van der Waals surface area (Å²) in [7, 11) is 0. The highest BCUT2D eigenvalue weighted by Gasteiger charge is 2.32. The summed E-state index contributed by atoms with van der Waals surface area (Å²) in [6.45, 7) is -0.0774. The summed E-state index contributed by atoms with van der Waals surface area (Å²) in [5.41, 5.74) is 0.293. The first-order chi connectivity index (χ1) is 9.54. The maximum Gasteiger partial charge on any atom is 0.573 e. The van der Waals surface area contributed by atoms with Crippen LogP contribution in [0, 0.1) is 5.92 Å². The number of hydrogen-bond acceptors (Lipinski definition) is 3. The van der Waals surface area contributed by atoms with Crippen molar-refractivity contribution in [3.05, 3.63) is 29.8 Å². The van der Waals surface area contributed by atoms with E-state index in [2.05, 4.69) is 16.1 Å². The molecule has 1 saturated carbocycles. The Hall–Kier alpha value is -1.72. The number of para-hydroxylation sites is 1. The van der Waals surface area contributed by atoms with Gasteiger partial charge in [0, 0.05) is 11.5 Å². The van der Waals surface area contributed by atoms with Crippen LogP contribution in [0.2, 0.25) is 0 Å². The molecule has 0 aliphatic heterocycles. The van der Waals surface area contributed by atoms with Crippen molar-refractivity contribution < 1.29 is 22.7 Å². The standard InChI is InChI=1S/C14H15F3NO2/c15-14(16,17)20-13-8-4-3-7-12(13)10-19-18-9-11-5-1-2-6-11/h3-4,7-8,11H,1-2,5-6,10H2. The maximum absolute atomic E-state index is 12.2. The van der Waals surface area contributed by atoms with Crippen LogP contribution in [0.4, 0.5) is 13.2 Å². The van der Waals surface area contributed by atoms with Crippen LogP contribution in [0.1, 0.15) is 31.2 Å². The predicted octanol–water partition coefficient (Wildman–Crippen LogP) is 4.15. The fourth-order valence-corrected chi connectivity index (χ4v) is 2.12. The van der Waals surface area contributed by atoms with E-state index in [1.54, 1.807) is 6.07 Å². The molecule has 6 heteroatoms. The Bertz CT molecular complexity index is 454. The fourth-order valence-electron chi connectivity index (χ4n) is 2.12. The molecule has 2 rings (SSSR count). The molecule has 3 nitrogen and oxygen atoms in total. The highest BCUT2D eigenvalue weighted by atomic mass is 19.4. The average molecular weight is 286 g/mol. The van der Waals surface area contributed by atoms with Crippen LogP contribution in [-0.2, 0) is 11.4 Å². The molecule has 0 amide bonds. The summed E-state index contributed by atoms with van der Waals surface area (Å²) in [6, 6.07) is 5.84. The predicted molar refractivity (Wildman–Crippen MR) is 67.3 cm³/mol. The van der Waals surface area contributed by atoms with Crippen LogP contribution >= 0.6 is 0 Å². The van der Waals surface area contributed by atoms with Gasteiger partial charge in [-0.2, -0.15) is 0 Å². The zero-order chi connectivity index (χ0) is 14.4. The molecule has 0 saturated heterocycles. The van der Waals surface area contributed by atoms with Crippen molar-refractivity contribution in [1.29, 1.82) is 0 Å². The Balaban J connectivity index is 1.88. The largest absolute Gasteiger partial charge is 0.573 e. The third kappa shape index (κ3) is 4.75. The zero-order valence-corrected chi connectivity index (χ0v) is 10.8. The highest BCUT2D eigenvalue weighted by molar-refractivity contribution is 5.60. The van der Waals surface area contributed by atoms with Gasteiger partial charge in [-0.05, 0) is 18.9 Å². The third-order valence-electron chi connectivity index (χ3n) is 3.07. The van der Waals surface area contributed by atoms with Crippen LogP contribution in [-0.4, -0.2) is 12.6 Å². The van der Waals surface area contributed by atoms with E-state index >= 15 is 0 Å². The van der Waals surface area contributed by atoms with Crippen molar-refractivity contribution in [3.8, 4) is 5.75 Å². The van der Waals surface area contributed by atoms with Crippen molar-refractivity contribution in [1.82, 2.24) is 0 Å². The summed E-state index contributed by atoms with van der Waals surface area (Å²) >= 11 is 0. The van der Waals surface area contributed by atoms with Crippen LogP contribution in [0.5, 0.6) is 5.75 Å². The lowest BCUT2D eigenvalue weighted by molar-refractivity contribution is -0.275. The molecule has 0 aromatic heterocycles. The topological polar surface area (TPSA) is 30.8 Å². The van der Waals surface area contributed by atoms with Crippen molar-refractivity contribution in [3.63, 3.8) is 0 Å². The Morgan fingerprint density at radius 3 is 2.60 bits per heavy atom. The van der Waals surface area contributed by atoms with E-state index in [0.717, 1.165) is 25.7 Å². The van der Waals surface area contributed by atoms with E-state index in [9.17, 15) is 13.2 Å². The first kappa shape index (κ1) is 14.7. The van der Waals surface area contributed by atoms with Gasteiger partial charge in [-0.15, -0.1) is 13.2 Å². The molecule has 0 heterocycles. The highest BCUT2D eigenvalue weighted by Crippen LogP contribution is 2.27. The molecule has 1 aromatic carbocycles. The minimum Gasteiger partial charge on any atom is -0.405 e. The number of nitrogens with zero attached hydrogens (tertiary/aromatic N) is 1. The summed E-state index contributed by atoms with van der Waals surface area (Å²) in [6.07, 6.45) is 2.56. The van der Waals surface area contributed by atoms with Gasteiger partial charge in [0.25, 0.3) is 0 Å². The van der Waals surface area contributed by atoms with Crippen LogP contribution in [0.25, 0.3) is 0 Å². The zero-order valence-electron chi connectivity index (χ0n) is 10.8. The van der Waals surface area contributed by atoms with Crippen molar-refractivity contribution in [2.45, 2.75) is 38.7 Å². The van der Waals surface area contributed by atoms with E-state index < -0.39 is 6.36 Å². The number of alkyl halides is 3. The van der Waals surface area contributed by atoms with Crippen LogP contribution in [0.3, 0.4) is 0 Å². The Morgan fingerprint density at radius 2 is 1.90 bits per heavy atom. The maximum atomic E-state index is 12.2. The molecule has 0 spiro atoms. The number of ether oxygens (including phenoxy) is 1. The van der Waals surface area contributed by atoms with E-state index in [4.69, 9.17) is 4.84 Å². The van der Waals surface area contributed by atoms with Crippen molar-refractivity contribution in [2.75, 3.05) is 0 Å². The second-order valence-electron chi connectivity index (χ2n) is 4.63. The first-order valence-electron chi connectivity index (χ1n) is 6.46. The van der Waals surface area contributed by atoms with Crippen LogP contribution in [0.15, 0.2) is 29.4 Å². The van der Waals surface area contributed by atoms with Gasteiger partial charge in [-0.1, -0.05) is 36.2 Å². The molecule has 1 aliphatic rings. The molecular weight excluding hydrogens is 271 g/mol. The van der Waals surface area contributed by atoms with Gasteiger partial charge in [-0.3, -0.25) is 0 Å². The summed E-state index contributed by atoms with van der Waals surface area (Å²) in [5, 5.41) is 3.70. The molecular formula is C14H15F3NO2. The van der Waals surface area contributed by atoms with Gasteiger partial charge in [0.1, 0.15) is 18.6 Å². The number of rotatable bonds is 5. The monoisotopic (exact) mass is 286 g/mol. The van der Waals surface area contributed by atoms with Gasteiger partial charge < -0.3 is 9.57 Å². The molecule has 1 radical (unpaired) electrons. The SMILES string of the molecule is FC(F)(F)Oc1ccccc1CO/N=[C]\C1CCCC1. The Morgan fingerprint density at radius 1 is 1.20 bits per heavy atom. The lowest BCUT2D eigenvalue weighted by atomic mass is 10.1. The van der Waals surface area contributed by atoms with Gasteiger partial charge in [0.15, 0.2) is 0 Å². The van der Waals surface area contributed by atoms with E-state index in [1.165, 1.54) is 18.2 Å². The second kappa shape index (κ2) is 6.63. The number of halogens is 3. The molecule has 0 atom stereocenters. The van der Waals surface area contributed by atoms with E-state index in [-0.39, 0.29) is 12.4 Å². The molecule has 1 fully saturated rings. The molecule has 1 aliphatic carbocycles. The minimum atomic E-state index is -4.71. The Labute approximate surface area is 115 Å². The summed E-state index contributed by atoms with van der Waals surface area (Å²) in [5.74, 6) is 0.0349. The fraction of sp³-hybridized carbons (Fsp3) is 0.500. The smallest absolute Gasteiger partial charge is 0.405 e. The lowest BCUT2D eigenvalue weighted by Crippen LogP contribution is -2.18. The minimum absolute atomic E-state index is 0.0774. The molecule has 109 valence electrons. The average Bonchev–Trinajstić information content (AvgIpc) is 2.88. The summed E-state index contributed by atoms with van der Waals surface area (Å²) in [4.78, 5) is 5.00. The lowest BCUT2D eigenvalue weighted by Gasteiger charge is -2.12. The van der Waals surface area contributed by atoms with Gasteiger partial charge in [0.05, 0.1) is 0 Å². The normalized spacial score (nSPS) is 16.8. The van der Waals surface area contributed by atoms with Gasteiger partial charge in [-0.25, -0.2) is 0 Å². The third-order valence-corrected chi connectivity index (χ3v) is 3.07.